The minimum atomic E-state index is -0.841. The molecule has 30 heavy (non-hydrogen) atoms. The van der Waals surface area contributed by atoms with E-state index < -0.39 is 6.09 Å². The summed E-state index contributed by atoms with van der Waals surface area (Å²) in [7, 11) is 0. The molecule has 0 unspecified atom stereocenters. The number of hydrogen-bond donors (Lipinski definition) is 2. The van der Waals surface area contributed by atoms with Crippen molar-refractivity contribution in [1.82, 2.24) is 29.6 Å². The summed E-state index contributed by atoms with van der Waals surface area (Å²) in [5, 5.41) is 13.6. The molecule has 3 aromatic heterocycles. The molecule has 5 rings (SSSR count). The Bertz CT molecular complexity index is 1170. The SMILES string of the molecule is O=C(O)N1CCC(c2cnc3[nH]c(-c4cnn(Cc5ccccc5)c4)nc3c2)CC1. The zero-order valence-electron chi connectivity index (χ0n) is 16.4. The van der Waals surface area contributed by atoms with Crippen LogP contribution in [-0.4, -0.2) is 53.9 Å². The maximum absolute atomic E-state index is 11.1. The molecule has 1 amide bonds. The van der Waals surface area contributed by atoms with Crippen molar-refractivity contribution in [1.29, 1.82) is 0 Å². The lowest BCUT2D eigenvalue weighted by Gasteiger charge is -2.29. The molecule has 1 aliphatic heterocycles. The summed E-state index contributed by atoms with van der Waals surface area (Å²) >= 11 is 0. The molecular formula is C22H22N6O2. The molecule has 0 saturated carbocycles. The van der Waals surface area contributed by atoms with Crippen LogP contribution < -0.4 is 0 Å². The third kappa shape index (κ3) is 3.63. The summed E-state index contributed by atoms with van der Waals surface area (Å²) in [6.45, 7) is 1.83. The van der Waals surface area contributed by atoms with Crippen LogP contribution in [0.3, 0.4) is 0 Å². The van der Waals surface area contributed by atoms with Gasteiger partial charge in [-0.1, -0.05) is 30.3 Å². The molecule has 4 aromatic rings. The molecule has 0 atom stereocenters. The maximum atomic E-state index is 11.1. The molecule has 1 fully saturated rings. The predicted molar refractivity (Wildman–Crippen MR) is 112 cm³/mol. The number of amides is 1. The van der Waals surface area contributed by atoms with Crippen molar-refractivity contribution in [3.8, 4) is 11.4 Å². The fourth-order valence-corrected chi connectivity index (χ4v) is 4.02. The highest BCUT2D eigenvalue weighted by Crippen LogP contribution is 2.29. The van der Waals surface area contributed by atoms with Crippen molar-refractivity contribution in [2.75, 3.05) is 13.1 Å². The van der Waals surface area contributed by atoms with Crippen molar-refractivity contribution >= 4 is 17.3 Å². The Balaban J connectivity index is 1.34. The quantitative estimate of drug-likeness (QED) is 0.542. The molecule has 152 valence electrons. The van der Waals surface area contributed by atoms with Gasteiger partial charge in [-0.25, -0.2) is 14.8 Å². The molecule has 1 aliphatic rings. The van der Waals surface area contributed by atoms with Gasteiger partial charge in [0.25, 0.3) is 0 Å². The summed E-state index contributed by atoms with van der Waals surface area (Å²) in [4.78, 5) is 25.1. The average molecular weight is 402 g/mol. The third-order valence-corrected chi connectivity index (χ3v) is 5.69. The van der Waals surface area contributed by atoms with Crippen LogP contribution in [0.2, 0.25) is 0 Å². The van der Waals surface area contributed by atoms with E-state index in [9.17, 15) is 4.79 Å². The van der Waals surface area contributed by atoms with Gasteiger partial charge >= 0.3 is 6.09 Å². The van der Waals surface area contributed by atoms with Crippen LogP contribution in [0.25, 0.3) is 22.6 Å². The number of pyridine rings is 1. The number of fused-ring (bicyclic) bond motifs is 1. The molecule has 0 radical (unpaired) electrons. The maximum Gasteiger partial charge on any atom is 0.407 e. The van der Waals surface area contributed by atoms with Crippen molar-refractivity contribution < 1.29 is 9.90 Å². The zero-order valence-corrected chi connectivity index (χ0v) is 16.4. The summed E-state index contributed by atoms with van der Waals surface area (Å²) in [5.41, 5.74) is 4.79. The number of nitrogens with one attached hydrogen (secondary N) is 1. The number of imidazole rings is 1. The lowest BCUT2D eigenvalue weighted by atomic mass is 9.90. The van der Waals surface area contributed by atoms with Crippen LogP contribution in [0.15, 0.2) is 55.0 Å². The average Bonchev–Trinajstić information content (AvgIpc) is 3.41. The minimum Gasteiger partial charge on any atom is -0.465 e. The van der Waals surface area contributed by atoms with Crippen molar-refractivity contribution in [2.24, 2.45) is 0 Å². The molecule has 8 heteroatoms. The molecule has 1 aromatic carbocycles. The second kappa shape index (κ2) is 7.62. The van der Waals surface area contributed by atoms with Crippen LogP contribution in [-0.2, 0) is 6.54 Å². The van der Waals surface area contributed by atoms with E-state index in [4.69, 9.17) is 10.1 Å². The van der Waals surface area contributed by atoms with Crippen LogP contribution in [0.1, 0.15) is 29.9 Å². The van der Waals surface area contributed by atoms with Crippen molar-refractivity contribution in [3.05, 3.63) is 66.1 Å². The fraction of sp³-hybridized carbons (Fsp3) is 0.273. The Morgan fingerprint density at radius 1 is 1.17 bits per heavy atom. The van der Waals surface area contributed by atoms with E-state index in [0.717, 1.165) is 41.0 Å². The van der Waals surface area contributed by atoms with Crippen LogP contribution in [0, 0.1) is 0 Å². The number of benzene rings is 1. The number of piperidine rings is 1. The number of likely N-dealkylation sites (tertiary alicyclic amines) is 1. The van der Waals surface area contributed by atoms with Gasteiger partial charge in [-0.05, 0) is 36.0 Å². The predicted octanol–water partition coefficient (Wildman–Crippen LogP) is 3.73. The summed E-state index contributed by atoms with van der Waals surface area (Å²) < 4.78 is 1.90. The Hall–Kier alpha value is -3.68. The van der Waals surface area contributed by atoms with E-state index in [1.807, 2.05) is 41.5 Å². The molecule has 0 bridgehead atoms. The summed E-state index contributed by atoms with van der Waals surface area (Å²) in [5.74, 6) is 1.06. The zero-order chi connectivity index (χ0) is 20.5. The molecule has 8 nitrogen and oxygen atoms in total. The topological polar surface area (TPSA) is 99.9 Å². The number of carboxylic acid groups (broad SMARTS) is 1. The summed E-state index contributed by atoms with van der Waals surface area (Å²) in [6.07, 6.45) is 6.44. The fourth-order valence-electron chi connectivity index (χ4n) is 4.02. The first-order valence-electron chi connectivity index (χ1n) is 10.1. The number of nitrogens with zero attached hydrogens (tertiary/aromatic N) is 5. The molecule has 0 aliphatic carbocycles. The monoisotopic (exact) mass is 402 g/mol. The van der Waals surface area contributed by atoms with E-state index >= 15 is 0 Å². The first-order valence-corrected chi connectivity index (χ1v) is 10.1. The second-order valence-corrected chi connectivity index (χ2v) is 7.68. The van der Waals surface area contributed by atoms with E-state index in [1.165, 1.54) is 10.5 Å². The number of hydrogen-bond acceptors (Lipinski definition) is 4. The highest BCUT2D eigenvalue weighted by Gasteiger charge is 2.24. The second-order valence-electron chi connectivity index (χ2n) is 7.68. The summed E-state index contributed by atoms with van der Waals surface area (Å²) in [6, 6.07) is 12.3. The third-order valence-electron chi connectivity index (χ3n) is 5.69. The molecular weight excluding hydrogens is 380 g/mol. The van der Waals surface area contributed by atoms with E-state index in [2.05, 4.69) is 33.3 Å². The first-order chi connectivity index (χ1) is 14.7. The van der Waals surface area contributed by atoms with E-state index in [-0.39, 0.29) is 0 Å². The number of aromatic nitrogens is 5. The highest BCUT2D eigenvalue weighted by molar-refractivity contribution is 5.76. The largest absolute Gasteiger partial charge is 0.465 e. The first kappa shape index (κ1) is 18.4. The van der Waals surface area contributed by atoms with Gasteiger partial charge in [-0.15, -0.1) is 0 Å². The van der Waals surface area contributed by atoms with Gasteiger partial charge in [0.1, 0.15) is 11.3 Å². The number of carbonyl (C=O) groups is 1. The molecule has 0 spiro atoms. The number of H-pyrrole nitrogens is 1. The van der Waals surface area contributed by atoms with E-state index in [1.54, 1.807) is 0 Å². The van der Waals surface area contributed by atoms with E-state index in [0.29, 0.717) is 25.6 Å². The number of rotatable bonds is 4. The normalized spacial score (nSPS) is 15.0. The Morgan fingerprint density at radius 2 is 1.97 bits per heavy atom. The van der Waals surface area contributed by atoms with Crippen molar-refractivity contribution in [2.45, 2.75) is 25.3 Å². The van der Waals surface area contributed by atoms with Gasteiger partial charge < -0.3 is 15.0 Å². The lowest BCUT2D eigenvalue weighted by molar-refractivity contribution is 0.132. The molecule has 4 heterocycles. The van der Waals surface area contributed by atoms with Crippen LogP contribution in [0.4, 0.5) is 4.79 Å². The standard InChI is InChI=1S/C22H22N6O2/c29-22(30)27-8-6-16(7-9-27)17-10-19-21(23-11-17)26-20(25-19)18-12-24-28(14-18)13-15-4-2-1-3-5-15/h1-5,10-12,14,16H,6-9,13H2,(H,29,30)(H,23,25,26). The Labute approximate surface area is 173 Å². The van der Waals surface area contributed by atoms with Crippen molar-refractivity contribution in [3.63, 3.8) is 0 Å². The molecule has 2 N–H and O–H groups in total. The minimum absolute atomic E-state index is 0.311. The van der Waals surface area contributed by atoms with Gasteiger partial charge in [0.2, 0.25) is 0 Å². The van der Waals surface area contributed by atoms with Gasteiger partial charge in [0, 0.05) is 25.5 Å². The lowest BCUT2D eigenvalue weighted by Crippen LogP contribution is -2.36. The Kier molecular flexibility index (Phi) is 4.66. The highest BCUT2D eigenvalue weighted by atomic mass is 16.4. The Morgan fingerprint density at radius 3 is 2.73 bits per heavy atom. The number of aromatic amines is 1. The van der Waals surface area contributed by atoms with Crippen LogP contribution in [0.5, 0.6) is 0 Å². The van der Waals surface area contributed by atoms with Gasteiger partial charge in [0.05, 0.1) is 18.3 Å². The van der Waals surface area contributed by atoms with Gasteiger partial charge in [-0.2, -0.15) is 5.10 Å². The van der Waals surface area contributed by atoms with Gasteiger partial charge in [-0.3, -0.25) is 4.68 Å². The van der Waals surface area contributed by atoms with Gasteiger partial charge in [0.15, 0.2) is 5.65 Å². The smallest absolute Gasteiger partial charge is 0.407 e. The molecule has 1 saturated heterocycles. The van der Waals surface area contributed by atoms with Crippen LogP contribution >= 0.6 is 0 Å².